The van der Waals surface area contributed by atoms with Gasteiger partial charge in [0.05, 0.1) is 18.3 Å². The molecule has 1 amide bonds. The standard InChI is InChI=1S/C15H25N3O2/c1-11(2)8-17-14(19)15(6-4-5-7-15)18-10-13-16-9-12(3)20-13/h9,11,18H,4-8,10H2,1-3H3,(H,17,19). The highest BCUT2D eigenvalue weighted by atomic mass is 16.4. The largest absolute Gasteiger partial charge is 0.445 e. The summed E-state index contributed by atoms with van der Waals surface area (Å²) in [5.74, 6) is 2.02. The van der Waals surface area contributed by atoms with E-state index >= 15 is 0 Å². The summed E-state index contributed by atoms with van der Waals surface area (Å²) in [4.78, 5) is 16.7. The first-order valence-corrected chi connectivity index (χ1v) is 7.46. The second-order valence-corrected chi connectivity index (χ2v) is 6.11. The van der Waals surface area contributed by atoms with Crippen molar-refractivity contribution in [1.29, 1.82) is 0 Å². The van der Waals surface area contributed by atoms with Crippen LogP contribution in [0.15, 0.2) is 10.6 Å². The van der Waals surface area contributed by atoms with Gasteiger partial charge in [-0.2, -0.15) is 0 Å². The van der Waals surface area contributed by atoms with Crippen molar-refractivity contribution in [3.05, 3.63) is 17.8 Å². The lowest BCUT2D eigenvalue weighted by Gasteiger charge is -2.29. The van der Waals surface area contributed by atoms with Crippen molar-refractivity contribution in [2.45, 2.75) is 58.5 Å². The molecule has 1 saturated carbocycles. The summed E-state index contributed by atoms with van der Waals surface area (Å²) in [5.41, 5.74) is -0.447. The topological polar surface area (TPSA) is 67.2 Å². The van der Waals surface area contributed by atoms with E-state index in [4.69, 9.17) is 4.42 Å². The third-order valence-electron chi connectivity index (χ3n) is 3.81. The molecule has 2 N–H and O–H groups in total. The first kappa shape index (κ1) is 15.0. The molecule has 0 radical (unpaired) electrons. The Labute approximate surface area is 120 Å². The highest BCUT2D eigenvalue weighted by Gasteiger charge is 2.40. The zero-order valence-corrected chi connectivity index (χ0v) is 12.7. The van der Waals surface area contributed by atoms with Gasteiger partial charge in [-0.25, -0.2) is 4.98 Å². The molecular formula is C15H25N3O2. The molecule has 0 unspecified atom stereocenters. The lowest BCUT2D eigenvalue weighted by Crippen LogP contribution is -2.55. The molecule has 0 aromatic carbocycles. The normalized spacial score (nSPS) is 17.6. The quantitative estimate of drug-likeness (QED) is 0.837. The van der Waals surface area contributed by atoms with Crippen molar-refractivity contribution in [3.8, 4) is 0 Å². The molecule has 0 atom stereocenters. The monoisotopic (exact) mass is 279 g/mol. The van der Waals surface area contributed by atoms with Crippen molar-refractivity contribution in [2.24, 2.45) is 5.92 Å². The molecule has 112 valence electrons. The van der Waals surface area contributed by atoms with Gasteiger partial charge in [0.25, 0.3) is 0 Å². The molecule has 0 aliphatic heterocycles. The predicted octanol–water partition coefficient (Wildman–Crippen LogP) is 2.16. The average Bonchev–Trinajstić information content (AvgIpc) is 3.03. The molecule has 0 bridgehead atoms. The van der Waals surface area contributed by atoms with Crippen molar-refractivity contribution >= 4 is 5.91 Å². The maximum absolute atomic E-state index is 12.5. The molecule has 1 aromatic rings. The zero-order chi connectivity index (χ0) is 14.6. The summed E-state index contributed by atoms with van der Waals surface area (Å²) in [6.07, 6.45) is 5.66. The van der Waals surface area contributed by atoms with E-state index in [1.54, 1.807) is 6.20 Å². The molecular weight excluding hydrogens is 254 g/mol. The molecule has 1 aromatic heterocycles. The van der Waals surface area contributed by atoms with Crippen molar-refractivity contribution < 1.29 is 9.21 Å². The Morgan fingerprint density at radius 2 is 2.15 bits per heavy atom. The van der Waals surface area contributed by atoms with Crippen molar-refractivity contribution in [2.75, 3.05) is 6.54 Å². The number of hydrogen-bond donors (Lipinski definition) is 2. The van der Waals surface area contributed by atoms with E-state index in [9.17, 15) is 4.79 Å². The van der Waals surface area contributed by atoms with E-state index in [2.05, 4.69) is 29.5 Å². The number of aromatic nitrogens is 1. The van der Waals surface area contributed by atoms with Gasteiger partial charge in [0.1, 0.15) is 5.76 Å². The number of oxazole rings is 1. The Morgan fingerprint density at radius 3 is 2.70 bits per heavy atom. The fraction of sp³-hybridized carbons (Fsp3) is 0.733. The first-order chi connectivity index (χ1) is 9.52. The number of nitrogens with one attached hydrogen (secondary N) is 2. The van der Waals surface area contributed by atoms with Crippen LogP contribution in [-0.4, -0.2) is 23.0 Å². The molecule has 5 heteroatoms. The van der Waals surface area contributed by atoms with E-state index in [0.29, 0.717) is 18.4 Å². The van der Waals surface area contributed by atoms with Crippen molar-refractivity contribution in [1.82, 2.24) is 15.6 Å². The zero-order valence-electron chi connectivity index (χ0n) is 12.7. The number of carbonyl (C=O) groups is 1. The summed E-state index contributed by atoms with van der Waals surface area (Å²) in [6.45, 7) is 7.30. The smallest absolute Gasteiger partial charge is 0.240 e. The van der Waals surface area contributed by atoms with Crippen LogP contribution in [0.5, 0.6) is 0 Å². The number of aryl methyl sites for hydroxylation is 1. The van der Waals surface area contributed by atoms with Crippen LogP contribution in [0.2, 0.25) is 0 Å². The molecule has 2 rings (SSSR count). The Hall–Kier alpha value is -1.36. The molecule has 1 heterocycles. The minimum atomic E-state index is -0.447. The van der Waals surface area contributed by atoms with Crippen LogP contribution in [-0.2, 0) is 11.3 Å². The summed E-state index contributed by atoms with van der Waals surface area (Å²) in [6, 6.07) is 0. The maximum Gasteiger partial charge on any atom is 0.240 e. The molecule has 0 saturated heterocycles. The third kappa shape index (κ3) is 3.60. The average molecular weight is 279 g/mol. The summed E-state index contributed by atoms with van der Waals surface area (Å²) in [7, 11) is 0. The molecule has 1 aliphatic rings. The molecule has 20 heavy (non-hydrogen) atoms. The van der Waals surface area contributed by atoms with Crippen LogP contribution in [0.25, 0.3) is 0 Å². The van der Waals surface area contributed by atoms with E-state index < -0.39 is 5.54 Å². The third-order valence-corrected chi connectivity index (χ3v) is 3.81. The second-order valence-electron chi connectivity index (χ2n) is 6.11. The maximum atomic E-state index is 12.5. The van der Waals surface area contributed by atoms with Gasteiger partial charge in [-0.15, -0.1) is 0 Å². The van der Waals surface area contributed by atoms with Gasteiger partial charge in [0, 0.05) is 6.54 Å². The summed E-state index contributed by atoms with van der Waals surface area (Å²) in [5, 5.41) is 6.43. The summed E-state index contributed by atoms with van der Waals surface area (Å²) >= 11 is 0. The van der Waals surface area contributed by atoms with Gasteiger partial charge in [-0.3, -0.25) is 10.1 Å². The number of rotatable bonds is 6. The number of amides is 1. The van der Waals surface area contributed by atoms with Gasteiger partial charge >= 0.3 is 0 Å². The van der Waals surface area contributed by atoms with E-state index in [-0.39, 0.29) is 5.91 Å². The van der Waals surface area contributed by atoms with E-state index in [1.165, 1.54) is 0 Å². The van der Waals surface area contributed by atoms with Gasteiger partial charge in [0.2, 0.25) is 11.8 Å². The summed E-state index contributed by atoms with van der Waals surface area (Å²) < 4.78 is 5.46. The molecule has 5 nitrogen and oxygen atoms in total. The van der Waals surface area contributed by atoms with Gasteiger partial charge in [-0.1, -0.05) is 26.7 Å². The van der Waals surface area contributed by atoms with Crippen LogP contribution in [0, 0.1) is 12.8 Å². The van der Waals surface area contributed by atoms with Gasteiger partial charge in [-0.05, 0) is 25.7 Å². The van der Waals surface area contributed by atoms with Gasteiger partial charge < -0.3 is 9.73 Å². The lowest BCUT2D eigenvalue weighted by atomic mass is 9.96. The van der Waals surface area contributed by atoms with Crippen LogP contribution in [0.3, 0.4) is 0 Å². The van der Waals surface area contributed by atoms with E-state index in [0.717, 1.165) is 38.0 Å². The fourth-order valence-corrected chi connectivity index (χ4v) is 2.66. The van der Waals surface area contributed by atoms with Gasteiger partial charge in [0.15, 0.2) is 0 Å². The highest BCUT2D eigenvalue weighted by molar-refractivity contribution is 5.86. The Balaban J connectivity index is 1.96. The van der Waals surface area contributed by atoms with Crippen LogP contribution in [0.1, 0.15) is 51.2 Å². The first-order valence-electron chi connectivity index (χ1n) is 7.46. The molecule has 0 spiro atoms. The Kier molecular flexibility index (Phi) is 4.81. The number of hydrogen-bond acceptors (Lipinski definition) is 4. The Morgan fingerprint density at radius 1 is 1.45 bits per heavy atom. The Bertz CT molecular complexity index is 448. The lowest BCUT2D eigenvalue weighted by molar-refractivity contribution is -0.127. The molecule has 1 aliphatic carbocycles. The van der Waals surface area contributed by atoms with Crippen molar-refractivity contribution in [3.63, 3.8) is 0 Å². The fourth-order valence-electron chi connectivity index (χ4n) is 2.66. The van der Waals surface area contributed by atoms with Crippen LogP contribution >= 0.6 is 0 Å². The van der Waals surface area contributed by atoms with Crippen LogP contribution < -0.4 is 10.6 Å². The SMILES string of the molecule is Cc1cnc(CNC2(C(=O)NCC(C)C)CCCC2)o1. The molecule has 1 fully saturated rings. The van der Waals surface area contributed by atoms with E-state index in [1.807, 2.05) is 6.92 Å². The predicted molar refractivity (Wildman–Crippen MR) is 77.1 cm³/mol. The minimum absolute atomic E-state index is 0.118. The number of nitrogens with zero attached hydrogens (tertiary/aromatic N) is 1. The minimum Gasteiger partial charge on any atom is -0.445 e. The highest BCUT2D eigenvalue weighted by Crippen LogP contribution is 2.30. The number of carbonyl (C=O) groups excluding carboxylic acids is 1. The van der Waals surface area contributed by atoms with Crippen LogP contribution in [0.4, 0.5) is 0 Å². The second kappa shape index (κ2) is 6.39.